The van der Waals surface area contributed by atoms with Crippen molar-refractivity contribution in [2.45, 2.75) is 44.7 Å². The molecule has 0 aromatic carbocycles. The van der Waals surface area contributed by atoms with E-state index >= 15 is 0 Å². The summed E-state index contributed by atoms with van der Waals surface area (Å²) >= 11 is 0. The highest BCUT2D eigenvalue weighted by Crippen LogP contribution is 2.53. The normalized spacial score (nSPS) is 43.2. The van der Waals surface area contributed by atoms with E-state index in [0.29, 0.717) is 0 Å². The molecule has 92 valence electrons. The first-order valence-electron chi connectivity index (χ1n) is 7.01. The fourth-order valence-corrected chi connectivity index (χ4v) is 4.81. The van der Waals surface area contributed by atoms with E-state index in [4.69, 9.17) is 4.52 Å². The summed E-state index contributed by atoms with van der Waals surface area (Å²) in [6.45, 7) is 0.878. The Balaban J connectivity index is 1.44. The van der Waals surface area contributed by atoms with Crippen molar-refractivity contribution in [3.8, 4) is 0 Å². The van der Waals surface area contributed by atoms with Crippen molar-refractivity contribution in [3.05, 3.63) is 18.0 Å². The SMILES string of the molecule is c1cc(CNC2C3CC4CC(C3)CC2C4)no1. The fraction of sp³-hybridized carbons (Fsp3) is 0.786. The summed E-state index contributed by atoms with van der Waals surface area (Å²) in [6, 6.07) is 2.71. The third-order valence-corrected chi connectivity index (χ3v) is 5.24. The van der Waals surface area contributed by atoms with Gasteiger partial charge >= 0.3 is 0 Å². The maximum atomic E-state index is 4.88. The van der Waals surface area contributed by atoms with Gasteiger partial charge in [0.1, 0.15) is 6.26 Å². The van der Waals surface area contributed by atoms with Crippen LogP contribution < -0.4 is 5.32 Å². The second-order valence-electron chi connectivity index (χ2n) is 6.33. The summed E-state index contributed by atoms with van der Waals surface area (Å²) in [5, 5.41) is 7.73. The average Bonchev–Trinajstić information content (AvgIpc) is 2.80. The molecule has 0 aliphatic heterocycles. The minimum atomic E-state index is 0.750. The van der Waals surface area contributed by atoms with Gasteiger partial charge in [-0.3, -0.25) is 0 Å². The Bertz CT molecular complexity index is 359. The van der Waals surface area contributed by atoms with E-state index < -0.39 is 0 Å². The average molecular weight is 232 g/mol. The highest BCUT2D eigenvalue weighted by molar-refractivity contribution is 5.03. The van der Waals surface area contributed by atoms with Crippen molar-refractivity contribution in [1.29, 1.82) is 0 Å². The zero-order valence-electron chi connectivity index (χ0n) is 10.1. The van der Waals surface area contributed by atoms with E-state index in [-0.39, 0.29) is 0 Å². The van der Waals surface area contributed by atoms with Gasteiger partial charge in [0.2, 0.25) is 0 Å². The van der Waals surface area contributed by atoms with Gasteiger partial charge in [0, 0.05) is 18.7 Å². The first-order valence-corrected chi connectivity index (χ1v) is 7.01. The van der Waals surface area contributed by atoms with Crippen LogP contribution in [0, 0.1) is 23.7 Å². The molecule has 4 aliphatic rings. The van der Waals surface area contributed by atoms with E-state index in [1.807, 2.05) is 6.07 Å². The van der Waals surface area contributed by atoms with Crippen LogP contribution in [0.15, 0.2) is 16.9 Å². The van der Waals surface area contributed by atoms with Gasteiger partial charge in [-0.05, 0) is 55.8 Å². The standard InChI is InChI=1S/C14H20N2O/c1-2-17-16-13(1)8-15-14-11-4-9-3-10(6-11)7-12(14)5-9/h1-2,9-12,14-15H,3-8H2. The molecule has 0 spiro atoms. The molecule has 0 radical (unpaired) electrons. The molecule has 4 saturated carbocycles. The molecular weight excluding hydrogens is 212 g/mol. The predicted octanol–water partition coefficient (Wildman–Crippen LogP) is 2.59. The lowest BCUT2D eigenvalue weighted by Gasteiger charge is -2.54. The smallest absolute Gasteiger partial charge is 0.124 e. The van der Waals surface area contributed by atoms with Crippen LogP contribution in [-0.4, -0.2) is 11.2 Å². The van der Waals surface area contributed by atoms with E-state index in [2.05, 4.69) is 10.5 Å². The number of hydrogen-bond acceptors (Lipinski definition) is 3. The van der Waals surface area contributed by atoms with Gasteiger partial charge in [-0.25, -0.2) is 0 Å². The molecule has 0 unspecified atom stereocenters. The maximum absolute atomic E-state index is 4.88. The highest BCUT2D eigenvalue weighted by Gasteiger charge is 2.47. The van der Waals surface area contributed by atoms with Gasteiger partial charge in [0.05, 0.1) is 5.69 Å². The fourth-order valence-electron chi connectivity index (χ4n) is 4.81. The van der Waals surface area contributed by atoms with Gasteiger partial charge in [-0.1, -0.05) is 5.16 Å². The van der Waals surface area contributed by atoms with Crippen molar-refractivity contribution >= 4 is 0 Å². The maximum Gasteiger partial charge on any atom is 0.124 e. The summed E-state index contributed by atoms with van der Waals surface area (Å²) in [6.07, 6.45) is 9.09. The highest BCUT2D eigenvalue weighted by atomic mass is 16.5. The number of aromatic nitrogens is 1. The Morgan fingerprint density at radius 3 is 2.41 bits per heavy atom. The predicted molar refractivity (Wildman–Crippen MR) is 64.2 cm³/mol. The van der Waals surface area contributed by atoms with E-state index in [0.717, 1.165) is 42.0 Å². The lowest BCUT2D eigenvalue weighted by Crippen LogP contribution is -2.54. The zero-order chi connectivity index (χ0) is 11.2. The third-order valence-electron chi connectivity index (χ3n) is 5.24. The van der Waals surface area contributed by atoms with Crippen molar-refractivity contribution in [3.63, 3.8) is 0 Å². The number of nitrogens with one attached hydrogen (secondary N) is 1. The lowest BCUT2D eigenvalue weighted by atomic mass is 9.54. The minimum Gasteiger partial charge on any atom is -0.364 e. The summed E-state index contributed by atoms with van der Waals surface area (Å²) in [7, 11) is 0. The largest absolute Gasteiger partial charge is 0.364 e. The Morgan fingerprint density at radius 1 is 1.12 bits per heavy atom. The van der Waals surface area contributed by atoms with E-state index in [1.54, 1.807) is 6.26 Å². The molecule has 1 heterocycles. The van der Waals surface area contributed by atoms with Crippen LogP contribution in [0.5, 0.6) is 0 Å². The molecule has 0 atom stereocenters. The summed E-state index contributed by atoms with van der Waals surface area (Å²) in [4.78, 5) is 0. The minimum absolute atomic E-state index is 0.750. The van der Waals surface area contributed by atoms with Crippen LogP contribution in [0.25, 0.3) is 0 Å². The second kappa shape index (κ2) is 3.84. The Morgan fingerprint density at radius 2 is 1.82 bits per heavy atom. The molecular formula is C14H20N2O. The zero-order valence-corrected chi connectivity index (χ0v) is 10.1. The number of rotatable bonds is 3. The van der Waals surface area contributed by atoms with Gasteiger partial charge in [0.25, 0.3) is 0 Å². The quantitative estimate of drug-likeness (QED) is 0.870. The summed E-state index contributed by atoms with van der Waals surface area (Å²) < 4.78 is 4.88. The van der Waals surface area contributed by atoms with Crippen molar-refractivity contribution < 1.29 is 4.52 Å². The lowest BCUT2D eigenvalue weighted by molar-refractivity contribution is -0.0144. The molecule has 4 bridgehead atoms. The van der Waals surface area contributed by atoms with Gasteiger partial charge in [-0.15, -0.1) is 0 Å². The summed E-state index contributed by atoms with van der Waals surface area (Å²) in [5.74, 6) is 4.00. The topological polar surface area (TPSA) is 38.1 Å². The third kappa shape index (κ3) is 1.71. The van der Waals surface area contributed by atoms with Gasteiger partial charge in [0.15, 0.2) is 0 Å². The molecule has 1 aromatic rings. The molecule has 3 nitrogen and oxygen atoms in total. The Hall–Kier alpha value is -0.830. The Kier molecular flexibility index (Phi) is 2.29. The molecule has 4 aliphatic carbocycles. The van der Waals surface area contributed by atoms with E-state index in [1.165, 1.54) is 32.1 Å². The molecule has 0 amide bonds. The first-order chi connectivity index (χ1) is 8.38. The van der Waals surface area contributed by atoms with Crippen molar-refractivity contribution in [2.24, 2.45) is 23.7 Å². The molecule has 4 fully saturated rings. The van der Waals surface area contributed by atoms with Gasteiger partial charge in [-0.2, -0.15) is 0 Å². The molecule has 5 rings (SSSR count). The molecule has 1 aromatic heterocycles. The van der Waals surface area contributed by atoms with Crippen molar-refractivity contribution in [2.75, 3.05) is 0 Å². The number of hydrogen-bond donors (Lipinski definition) is 1. The van der Waals surface area contributed by atoms with Gasteiger partial charge < -0.3 is 9.84 Å². The van der Waals surface area contributed by atoms with Crippen LogP contribution in [0.1, 0.15) is 37.8 Å². The monoisotopic (exact) mass is 232 g/mol. The molecule has 3 heteroatoms. The van der Waals surface area contributed by atoms with Crippen LogP contribution in [-0.2, 0) is 6.54 Å². The van der Waals surface area contributed by atoms with Crippen LogP contribution in [0.3, 0.4) is 0 Å². The van der Waals surface area contributed by atoms with Crippen molar-refractivity contribution in [1.82, 2.24) is 10.5 Å². The molecule has 1 N–H and O–H groups in total. The summed E-state index contributed by atoms with van der Waals surface area (Å²) in [5.41, 5.74) is 1.04. The van der Waals surface area contributed by atoms with Crippen LogP contribution >= 0.6 is 0 Å². The Labute approximate surface area is 102 Å². The number of nitrogens with zero attached hydrogens (tertiary/aromatic N) is 1. The van der Waals surface area contributed by atoms with Crippen LogP contribution in [0.2, 0.25) is 0 Å². The van der Waals surface area contributed by atoms with Crippen LogP contribution in [0.4, 0.5) is 0 Å². The van der Waals surface area contributed by atoms with E-state index in [9.17, 15) is 0 Å². The second-order valence-corrected chi connectivity index (χ2v) is 6.33. The first kappa shape index (κ1) is 10.1. The molecule has 0 saturated heterocycles. The molecule has 17 heavy (non-hydrogen) atoms.